The maximum atomic E-state index is 13.8. The minimum Gasteiger partial charge on any atom is -0.265 e. The molecule has 106 valence electrons. The molecule has 0 radical (unpaired) electrons. The molecule has 0 saturated carbocycles. The van der Waals surface area contributed by atoms with Crippen molar-refractivity contribution in [2.24, 2.45) is 0 Å². The van der Waals surface area contributed by atoms with Gasteiger partial charge < -0.3 is 0 Å². The summed E-state index contributed by atoms with van der Waals surface area (Å²) in [6, 6.07) is 5.00. The highest BCUT2D eigenvalue weighted by Crippen LogP contribution is 2.35. The lowest BCUT2D eigenvalue weighted by atomic mass is 10.0. The number of benzene rings is 1. The molecule has 3 rings (SSSR count). The van der Waals surface area contributed by atoms with Crippen LogP contribution in [0, 0.1) is 11.6 Å². The Morgan fingerprint density at radius 2 is 2.05 bits per heavy atom. The molecule has 2 aromatic rings. The van der Waals surface area contributed by atoms with Crippen LogP contribution < -0.4 is 4.31 Å². The van der Waals surface area contributed by atoms with E-state index in [2.05, 4.69) is 0 Å². The fourth-order valence-corrected chi connectivity index (χ4v) is 4.98. The summed E-state index contributed by atoms with van der Waals surface area (Å²) in [5, 5.41) is 1.66. The van der Waals surface area contributed by atoms with Gasteiger partial charge in [-0.1, -0.05) is 6.07 Å². The van der Waals surface area contributed by atoms with E-state index in [1.807, 2.05) is 0 Å². The van der Waals surface area contributed by atoms with E-state index in [1.165, 1.54) is 6.07 Å². The van der Waals surface area contributed by atoms with Crippen molar-refractivity contribution in [2.75, 3.05) is 10.8 Å². The summed E-state index contributed by atoms with van der Waals surface area (Å²) < 4.78 is 53.5. The second-order valence-corrected chi connectivity index (χ2v) is 7.53. The molecule has 1 aliphatic heterocycles. The smallest absolute Gasteiger partial charge is 0.265 e. The molecule has 1 aromatic heterocycles. The van der Waals surface area contributed by atoms with Gasteiger partial charge in [-0.05, 0) is 30.4 Å². The van der Waals surface area contributed by atoms with E-state index in [1.54, 1.807) is 11.4 Å². The Kier molecular flexibility index (Phi) is 3.25. The number of nitrogens with zero attached hydrogens (tertiary/aromatic N) is 1. The molecule has 0 unspecified atom stereocenters. The van der Waals surface area contributed by atoms with E-state index < -0.39 is 21.7 Å². The molecule has 0 N–H and O–H groups in total. The van der Waals surface area contributed by atoms with Crippen LogP contribution in [0.2, 0.25) is 0 Å². The average Bonchev–Trinajstić information content (AvgIpc) is 2.92. The van der Waals surface area contributed by atoms with Gasteiger partial charge in [0.25, 0.3) is 10.0 Å². The van der Waals surface area contributed by atoms with Gasteiger partial charge in [0, 0.05) is 18.2 Å². The third-order valence-corrected chi connectivity index (χ3v) is 6.42. The molecule has 20 heavy (non-hydrogen) atoms. The van der Waals surface area contributed by atoms with Crippen molar-refractivity contribution in [2.45, 2.75) is 17.1 Å². The first kappa shape index (κ1) is 13.5. The van der Waals surface area contributed by atoms with Gasteiger partial charge in [-0.2, -0.15) is 0 Å². The van der Waals surface area contributed by atoms with Crippen molar-refractivity contribution in [3.05, 3.63) is 46.8 Å². The molecule has 0 bridgehead atoms. The summed E-state index contributed by atoms with van der Waals surface area (Å²) in [5.41, 5.74) is 0.375. The molecule has 0 saturated heterocycles. The molecule has 7 heteroatoms. The van der Waals surface area contributed by atoms with E-state index in [9.17, 15) is 17.2 Å². The lowest BCUT2D eigenvalue weighted by molar-refractivity contribution is 0.559. The van der Waals surface area contributed by atoms with Crippen LogP contribution in [0.4, 0.5) is 14.5 Å². The van der Waals surface area contributed by atoms with E-state index in [4.69, 9.17) is 0 Å². The Morgan fingerprint density at radius 3 is 2.75 bits per heavy atom. The first-order chi connectivity index (χ1) is 9.50. The topological polar surface area (TPSA) is 37.4 Å². The van der Waals surface area contributed by atoms with Crippen molar-refractivity contribution in [3.8, 4) is 0 Å². The van der Waals surface area contributed by atoms with Crippen LogP contribution in [-0.4, -0.2) is 15.0 Å². The van der Waals surface area contributed by atoms with Crippen LogP contribution in [0.15, 0.2) is 33.9 Å². The van der Waals surface area contributed by atoms with Gasteiger partial charge in [0.15, 0.2) is 0 Å². The maximum absolute atomic E-state index is 13.8. The lowest BCUT2D eigenvalue weighted by Crippen LogP contribution is -2.35. The zero-order chi connectivity index (χ0) is 14.3. The predicted octanol–water partition coefficient (Wildman–Crippen LogP) is 3.17. The zero-order valence-electron chi connectivity index (χ0n) is 10.3. The van der Waals surface area contributed by atoms with Gasteiger partial charge >= 0.3 is 0 Å². The average molecular weight is 315 g/mol. The van der Waals surface area contributed by atoms with Gasteiger partial charge in [0.2, 0.25) is 0 Å². The van der Waals surface area contributed by atoms with Crippen LogP contribution in [0.25, 0.3) is 0 Å². The fourth-order valence-electron chi connectivity index (χ4n) is 2.35. The summed E-state index contributed by atoms with van der Waals surface area (Å²) >= 11 is 1.09. The van der Waals surface area contributed by atoms with Gasteiger partial charge in [0.1, 0.15) is 15.8 Å². The predicted molar refractivity (Wildman–Crippen MR) is 73.5 cm³/mol. The first-order valence-electron chi connectivity index (χ1n) is 6.04. The third-order valence-electron chi connectivity index (χ3n) is 3.23. The van der Waals surface area contributed by atoms with Gasteiger partial charge in [-0.3, -0.25) is 4.31 Å². The SMILES string of the molecule is O=S(=O)(c1cccs1)N1CCCc2c(F)cc(F)cc21. The van der Waals surface area contributed by atoms with Gasteiger partial charge in [-0.15, -0.1) is 11.3 Å². The summed E-state index contributed by atoms with van der Waals surface area (Å²) in [5.74, 6) is -1.46. The number of sulfonamides is 1. The largest absolute Gasteiger partial charge is 0.273 e. The Morgan fingerprint density at radius 1 is 1.25 bits per heavy atom. The van der Waals surface area contributed by atoms with Crippen molar-refractivity contribution in [3.63, 3.8) is 0 Å². The van der Waals surface area contributed by atoms with Crippen LogP contribution in [-0.2, 0) is 16.4 Å². The summed E-state index contributed by atoms with van der Waals surface area (Å²) in [7, 11) is -3.75. The lowest BCUT2D eigenvalue weighted by Gasteiger charge is -2.30. The van der Waals surface area contributed by atoms with Crippen molar-refractivity contribution < 1.29 is 17.2 Å². The molecule has 0 aliphatic carbocycles. The normalized spacial score (nSPS) is 15.2. The van der Waals surface area contributed by atoms with Crippen LogP contribution in [0.5, 0.6) is 0 Å². The molecule has 0 spiro atoms. The zero-order valence-corrected chi connectivity index (χ0v) is 12.0. The quantitative estimate of drug-likeness (QED) is 0.853. The van der Waals surface area contributed by atoms with E-state index in [-0.39, 0.29) is 22.0 Å². The molecule has 2 heterocycles. The molecule has 0 atom stereocenters. The number of fused-ring (bicyclic) bond motifs is 1. The highest BCUT2D eigenvalue weighted by molar-refractivity contribution is 7.94. The van der Waals surface area contributed by atoms with E-state index in [0.29, 0.717) is 12.8 Å². The number of hydrogen-bond acceptors (Lipinski definition) is 3. The Labute approximate surface area is 119 Å². The molecular weight excluding hydrogens is 304 g/mol. The highest BCUT2D eigenvalue weighted by Gasteiger charge is 2.31. The standard InChI is InChI=1S/C13H11F2NO2S2/c14-9-7-11(15)10-3-1-5-16(12(10)8-9)20(17,18)13-4-2-6-19-13/h2,4,6-8H,1,3,5H2. The molecule has 1 aliphatic rings. The van der Waals surface area contributed by atoms with Crippen LogP contribution >= 0.6 is 11.3 Å². The van der Waals surface area contributed by atoms with Crippen molar-refractivity contribution in [1.82, 2.24) is 0 Å². The van der Waals surface area contributed by atoms with Crippen molar-refractivity contribution >= 4 is 27.0 Å². The molecule has 1 aromatic carbocycles. The Hall–Kier alpha value is -1.47. The monoisotopic (exact) mass is 315 g/mol. The van der Waals surface area contributed by atoms with Crippen LogP contribution in [0.1, 0.15) is 12.0 Å². The molecule has 0 fully saturated rings. The second-order valence-electron chi connectivity index (χ2n) is 4.50. The minimum atomic E-state index is -3.75. The first-order valence-corrected chi connectivity index (χ1v) is 8.36. The molecular formula is C13H11F2NO2S2. The number of halogens is 2. The fraction of sp³-hybridized carbons (Fsp3) is 0.231. The Balaban J connectivity index is 2.16. The number of hydrogen-bond donors (Lipinski definition) is 0. The highest BCUT2D eigenvalue weighted by atomic mass is 32.2. The Bertz CT molecular complexity index is 742. The van der Waals surface area contributed by atoms with E-state index >= 15 is 0 Å². The summed E-state index contributed by atoms with van der Waals surface area (Å²) in [6.07, 6.45) is 0.929. The van der Waals surface area contributed by atoms with Crippen molar-refractivity contribution in [1.29, 1.82) is 0 Å². The third kappa shape index (κ3) is 2.10. The number of rotatable bonds is 2. The van der Waals surface area contributed by atoms with E-state index in [0.717, 1.165) is 27.8 Å². The van der Waals surface area contributed by atoms with Crippen LogP contribution in [0.3, 0.4) is 0 Å². The van der Waals surface area contributed by atoms with Gasteiger partial charge in [0.05, 0.1) is 5.69 Å². The second kappa shape index (κ2) is 4.82. The number of thiophene rings is 1. The summed E-state index contributed by atoms with van der Waals surface area (Å²) in [4.78, 5) is 0. The number of anilines is 1. The maximum Gasteiger partial charge on any atom is 0.273 e. The minimum absolute atomic E-state index is 0.113. The van der Waals surface area contributed by atoms with Gasteiger partial charge in [-0.25, -0.2) is 17.2 Å². The molecule has 0 amide bonds. The summed E-state index contributed by atoms with van der Waals surface area (Å²) in [6.45, 7) is 0.232. The molecule has 3 nitrogen and oxygen atoms in total.